The molecule has 154 valence electrons. The van der Waals surface area contributed by atoms with Gasteiger partial charge in [-0.1, -0.05) is 73.0 Å². The summed E-state index contributed by atoms with van der Waals surface area (Å²) in [5, 5.41) is 12.9. The Morgan fingerprint density at radius 1 is 1.03 bits per heavy atom. The standard InChI is InChI=1S/C27H25N3O/c1-20-9-7-10-21(17-20)25-14-8-13-24(29-25)18-22(19-28)26(31)30-27(15-5-6-16-27)23-11-3-2-4-12-23/h2-4,7-14,17-18H,5-6,15-16H2,1H3,(H,30,31)/b22-18+. The van der Waals surface area contributed by atoms with E-state index in [0.717, 1.165) is 48.1 Å². The van der Waals surface area contributed by atoms with Crippen LogP contribution in [0.25, 0.3) is 17.3 Å². The summed E-state index contributed by atoms with van der Waals surface area (Å²) >= 11 is 0. The van der Waals surface area contributed by atoms with Gasteiger partial charge < -0.3 is 5.32 Å². The fourth-order valence-electron chi connectivity index (χ4n) is 4.30. The molecule has 0 bridgehead atoms. The predicted octanol–water partition coefficient (Wildman–Crippen LogP) is 5.55. The molecule has 1 fully saturated rings. The monoisotopic (exact) mass is 407 g/mol. The fraction of sp³-hybridized carbons (Fsp3) is 0.222. The summed E-state index contributed by atoms with van der Waals surface area (Å²) in [5.41, 5.74) is 4.31. The van der Waals surface area contributed by atoms with E-state index in [2.05, 4.69) is 22.4 Å². The van der Waals surface area contributed by atoms with Crippen LogP contribution in [0.5, 0.6) is 0 Å². The minimum Gasteiger partial charge on any atom is -0.342 e. The molecule has 2 aromatic carbocycles. The maximum Gasteiger partial charge on any atom is 0.262 e. The number of hydrogen-bond donors (Lipinski definition) is 1. The van der Waals surface area contributed by atoms with Crippen LogP contribution in [-0.2, 0) is 10.3 Å². The van der Waals surface area contributed by atoms with Crippen molar-refractivity contribution in [2.75, 3.05) is 0 Å². The van der Waals surface area contributed by atoms with Gasteiger partial charge in [0.1, 0.15) is 11.6 Å². The molecule has 4 rings (SSSR count). The van der Waals surface area contributed by atoms with E-state index in [1.807, 2.05) is 73.7 Å². The molecular formula is C27H25N3O. The van der Waals surface area contributed by atoms with E-state index >= 15 is 0 Å². The normalized spacial score (nSPS) is 15.3. The number of rotatable bonds is 5. The minimum atomic E-state index is -0.412. The Hall–Kier alpha value is -3.71. The fourth-order valence-corrected chi connectivity index (χ4v) is 4.30. The van der Waals surface area contributed by atoms with E-state index in [9.17, 15) is 10.1 Å². The lowest BCUT2D eigenvalue weighted by Crippen LogP contribution is -2.44. The molecule has 0 aliphatic heterocycles. The molecule has 1 aromatic heterocycles. The molecule has 1 aliphatic carbocycles. The molecule has 0 saturated heterocycles. The molecule has 0 atom stereocenters. The minimum absolute atomic E-state index is 0.0658. The molecule has 1 N–H and O–H groups in total. The number of benzene rings is 2. The number of aryl methyl sites for hydroxylation is 1. The Balaban J connectivity index is 1.61. The summed E-state index contributed by atoms with van der Waals surface area (Å²) in [6.45, 7) is 2.04. The molecule has 1 aliphatic rings. The van der Waals surface area contributed by atoms with E-state index in [1.54, 1.807) is 6.08 Å². The zero-order valence-corrected chi connectivity index (χ0v) is 17.6. The van der Waals surface area contributed by atoms with Crippen LogP contribution in [-0.4, -0.2) is 10.9 Å². The van der Waals surface area contributed by atoms with Gasteiger partial charge in [0.25, 0.3) is 5.91 Å². The smallest absolute Gasteiger partial charge is 0.262 e. The van der Waals surface area contributed by atoms with Crippen LogP contribution in [0.2, 0.25) is 0 Å². The van der Waals surface area contributed by atoms with Crippen molar-refractivity contribution in [2.45, 2.75) is 38.1 Å². The third-order valence-corrected chi connectivity index (χ3v) is 5.88. The second kappa shape index (κ2) is 8.97. The van der Waals surface area contributed by atoms with Crippen molar-refractivity contribution in [3.05, 3.63) is 95.2 Å². The molecule has 31 heavy (non-hydrogen) atoms. The Bertz CT molecular complexity index is 1150. The number of carbonyl (C=O) groups excluding carboxylic acids is 1. The zero-order valence-electron chi connectivity index (χ0n) is 17.6. The first kappa shape index (κ1) is 20.6. The van der Waals surface area contributed by atoms with Crippen LogP contribution in [0.1, 0.15) is 42.5 Å². The van der Waals surface area contributed by atoms with Crippen molar-refractivity contribution in [3.63, 3.8) is 0 Å². The molecule has 0 unspecified atom stereocenters. The first-order valence-corrected chi connectivity index (χ1v) is 10.6. The van der Waals surface area contributed by atoms with E-state index in [4.69, 9.17) is 0 Å². The SMILES string of the molecule is Cc1cccc(-c2cccc(/C=C(\C#N)C(=O)NC3(c4ccccc4)CCCC3)n2)c1. The molecule has 1 amide bonds. The average Bonchev–Trinajstić information content (AvgIpc) is 3.28. The highest BCUT2D eigenvalue weighted by molar-refractivity contribution is 6.02. The molecule has 1 heterocycles. The van der Waals surface area contributed by atoms with Crippen molar-refractivity contribution in [1.29, 1.82) is 5.26 Å². The Morgan fingerprint density at radius 3 is 2.48 bits per heavy atom. The third kappa shape index (κ3) is 4.57. The number of nitrogens with one attached hydrogen (secondary N) is 1. The van der Waals surface area contributed by atoms with Crippen LogP contribution >= 0.6 is 0 Å². The molecule has 1 saturated carbocycles. The van der Waals surface area contributed by atoms with Gasteiger partial charge in [0.05, 0.1) is 16.9 Å². The summed E-state index contributed by atoms with van der Waals surface area (Å²) in [6.07, 6.45) is 5.44. The van der Waals surface area contributed by atoms with Crippen molar-refractivity contribution < 1.29 is 4.79 Å². The first-order chi connectivity index (χ1) is 15.1. The van der Waals surface area contributed by atoms with Gasteiger partial charge in [0.2, 0.25) is 0 Å². The highest BCUT2D eigenvalue weighted by atomic mass is 16.1. The topological polar surface area (TPSA) is 65.8 Å². The molecule has 0 radical (unpaired) electrons. The Labute approximate surface area is 183 Å². The first-order valence-electron chi connectivity index (χ1n) is 10.6. The predicted molar refractivity (Wildman–Crippen MR) is 123 cm³/mol. The number of nitriles is 1. The average molecular weight is 408 g/mol. The lowest BCUT2D eigenvalue weighted by atomic mass is 9.88. The number of nitrogens with zero attached hydrogens (tertiary/aromatic N) is 2. The number of pyridine rings is 1. The van der Waals surface area contributed by atoms with Crippen molar-refractivity contribution in [3.8, 4) is 17.3 Å². The number of amides is 1. The molecule has 4 nitrogen and oxygen atoms in total. The van der Waals surface area contributed by atoms with E-state index in [-0.39, 0.29) is 11.5 Å². The Morgan fingerprint density at radius 2 is 1.77 bits per heavy atom. The number of hydrogen-bond acceptors (Lipinski definition) is 3. The van der Waals surface area contributed by atoms with Crippen molar-refractivity contribution in [1.82, 2.24) is 10.3 Å². The summed E-state index contributed by atoms with van der Waals surface area (Å²) in [6, 6.07) is 25.9. The van der Waals surface area contributed by atoms with E-state index in [1.165, 1.54) is 0 Å². The zero-order chi connectivity index (χ0) is 21.7. The van der Waals surface area contributed by atoms with E-state index < -0.39 is 5.54 Å². The summed E-state index contributed by atoms with van der Waals surface area (Å²) in [7, 11) is 0. The van der Waals surface area contributed by atoms with Crippen LogP contribution in [0, 0.1) is 18.3 Å². The van der Waals surface area contributed by atoms with E-state index in [0.29, 0.717) is 5.69 Å². The number of carbonyl (C=O) groups is 1. The maximum absolute atomic E-state index is 13.1. The van der Waals surface area contributed by atoms with Gasteiger partial charge >= 0.3 is 0 Å². The van der Waals surface area contributed by atoms with Gasteiger partial charge in [0, 0.05) is 5.56 Å². The lowest BCUT2D eigenvalue weighted by Gasteiger charge is -2.31. The van der Waals surface area contributed by atoms with Gasteiger partial charge in [-0.25, -0.2) is 4.98 Å². The van der Waals surface area contributed by atoms with Crippen LogP contribution in [0.15, 0.2) is 78.4 Å². The largest absolute Gasteiger partial charge is 0.342 e. The number of aromatic nitrogens is 1. The third-order valence-electron chi connectivity index (χ3n) is 5.88. The summed E-state index contributed by atoms with van der Waals surface area (Å²) in [5.74, 6) is -0.351. The van der Waals surface area contributed by atoms with Crippen LogP contribution in [0.3, 0.4) is 0 Å². The molecule has 0 spiro atoms. The lowest BCUT2D eigenvalue weighted by molar-refractivity contribution is -0.119. The second-order valence-corrected chi connectivity index (χ2v) is 8.10. The van der Waals surface area contributed by atoms with Crippen LogP contribution < -0.4 is 5.32 Å². The van der Waals surface area contributed by atoms with Gasteiger partial charge in [-0.3, -0.25) is 4.79 Å². The quantitative estimate of drug-likeness (QED) is 0.445. The molecular weight excluding hydrogens is 382 g/mol. The highest BCUT2D eigenvalue weighted by Gasteiger charge is 2.37. The molecule has 4 heteroatoms. The highest BCUT2D eigenvalue weighted by Crippen LogP contribution is 2.38. The maximum atomic E-state index is 13.1. The van der Waals surface area contributed by atoms with Gasteiger partial charge in [-0.05, 0) is 49.6 Å². The van der Waals surface area contributed by atoms with Gasteiger partial charge in [-0.15, -0.1) is 0 Å². The van der Waals surface area contributed by atoms with Crippen molar-refractivity contribution >= 4 is 12.0 Å². The van der Waals surface area contributed by atoms with Gasteiger partial charge in [0.15, 0.2) is 0 Å². The molecule has 3 aromatic rings. The van der Waals surface area contributed by atoms with Crippen LogP contribution in [0.4, 0.5) is 0 Å². The Kier molecular flexibility index (Phi) is 5.95. The summed E-state index contributed by atoms with van der Waals surface area (Å²) < 4.78 is 0. The second-order valence-electron chi connectivity index (χ2n) is 8.10. The van der Waals surface area contributed by atoms with Gasteiger partial charge in [-0.2, -0.15) is 5.26 Å². The van der Waals surface area contributed by atoms with Crippen molar-refractivity contribution in [2.24, 2.45) is 0 Å². The summed E-state index contributed by atoms with van der Waals surface area (Å²) in [4.78, 5) is 17.7.